The summed E-state index contributed by atoms with van der Waals surface area (Å²) in [5, 5.41) is 8.87. The van der Waals surface area contributed by atoms with Gasteiger partial charge < -0.3 is 9.84 Å². The molecule has 0 aliphatic rings. The first-order chi connectivity index (χ1) is 4.72. The largest absolute Gasteiger partial charge is 0.396 e. The molecule has 0 aliphatic carbocycles. The first-order valence-corrected chi connectivity index (χ1v) is 3.82. The van der Waals surface area contributed by atoms with E-state index >= 15 is 0 Å². The Labute approximate surface area is 63.2 Å². The van der Waals surface area contributed by atoms with Crippen molar-refractivity contribution in [2.24, 2.45) is 11.8 Å². The second kappa shape index (κ2) is 5.69. The lowest BCUT2D eigenvalue weighted by atomic mass is 9.94. The van der Waals surface area contributed by atoms with Gasteiger partial charge in [-0.05, 0) is 18.3 Å². The molecule has 0 aromatic rings. The van der Waals surface area contributed by atoms with E-state index in [9.17, 15) is 0 Å². The van der Waals surface area contributed by atoms with E-state index in [0.717, 1.165) is 13.0 Å². The molecule has 2 heteroatoms. The molecule has 0 saturated heterocycles. The maximum Gasteiger partial charge on any atom is 0.0465 e. The third-order valence-corrected chi connectivity index (χ3v) is 1.87. The summed E-state index contributed by atoms with van der Waals surface area (Å²) in [5.74, 6) is 0.958. The molecule has 1 N–H and O–H groups in total. The number of ether oxygens (including phenoxy) is 1. The molecule has 0 saturated carbocycles. The summed E-state index contributed by atoms with van der Waals surface area (Å²) in [5.41, 5.74) is 0. The maximum absolute atomic E-state index is 8.87. The molecule has 1 unspecified atom stereocenters. The molecule has 62 valence electrons. The Hall–Kier alpha value is -0.0800. The van der Waals surface area contributed by atoms with Crippen LogP contribution >= 0.6 is 0 Å². The van der Waals surface area contributed by atoms with Gasteiger partial charge in [0.2, 0.25) is 0 Å². The second-order valence-electron chi connectivity index (χ2n) is 2.97. The van der Waals surface area contributed by atoms with Gasteiger partial charge in [-0.15, -0.1) is 0 Å². The molecule has 0 heterocycles. The molecule has 0 rings (SSSR count). The molecule has 0 aliphatic heterocycles. The topological polar surface area (TPSA) is 29.5 Å². The molecule has 0 amide bonds. The van der Waals surface area contributed by atoms with Gasteiger partial charge in [0.15, 0.2) is 0 Å². The van der Waals surface area contributed by atoms with Gasteiger partial charge in [-0.1, -0.05) is 13.8 Å². The van der Waals surface area contributed by atoms with Gasteiger partial charge in [-0.2, -0.15) is 0 Å². The van der Waals surface area contributed by atoms with E-state index < -0.39 is 0 Å². The molecular weight excluding hydrogens is 128 g/mol. The Morgan fingerprint density at radius 3 is 2.30 bits per heavy atom. The zero-order valence-electron chi connectivity index (χ0n) is 7.13. The normalized spacial score (nSPS) is 14.1. The van der Waals surface area contributed by atoms with Crippen LogP contribution in [-0.2, 0) is 4.74 Å². The molecule has 0 aromatic heterocycles. The van der Waals surface area contributed by atoms with Crippen molar-refractivity contribution in [3.63, 3.8) is 0 Å². The van der Waals surface area contributed by atoms with Crippen LogP contribution in [0.1, 0.15) is 20.3 Å². The van der Waals surface area contributed by atoms with Crippen molar-refractivity contribution in [2.45, 2.75) is 20.3 Å². The number of rotatable bonds is 5. The monoisotopic (exact) mass is 146 g/mol. The van der Waals surface area contributed by atoms with E-state index in [1.165, 1.54) is 0 Å². The van der Waals surface area contributed by atoms with Crippen molar-refractivity contribution in [3.05, 3.63) is 0 Å². The van der Waals surface area contributed by atoms with Gasteiger partial charge >= 0.3 is 0 Å². The summed E-state index contributed by atoms with van der Waals surface area (Å²) < 4.78 is 4.91. The van der Waals surface area contributed by atoms with Gasteiger partial charge in [0.25, 0.3) is 0 Å². The van der Waals surface area contributed by atoms with Crippen LogP contribution in [0, 0.1) is 11.8 Å². The maximum atomic E-state index is 8.87. The SMILES string of the molecule is COCCC(CO)C(C)C. The predicted molar refractivity (Wildman–Crippen MR) is 41.9 cm³/mol. The lowest BCUT2D eigenvalue weighted by molar-refractivity contribution is 0.126. The average Bonchev–Trinajstić information content (AvgIpc) is 1.89. The first kappa shape index (κ1) is 9.92. The summed E-state index contributed by atoms with van der Waals surface area (Å²) in [4.78, 5) is 0. The lowest BCUT2D eigenvalue weighted by Gasteiger charge is -2.16. The van der Waals surface area contributed by atoms with Crippen LogP contribution in [-0.4, -0.2) is 25.4 Å². The minimum atomic E-state index is 0.279. The highest BCUT2D eigenvalue weighted by Gasteiger charge is 2.10. The number of aliphatic hydroxyl groups excluding tert-OH is 1. The van der Waals surface area contributed by atoms with Crippen LogP contribution in [0.4, 0.5) is 0 Å². The van der Waals surface area contributed by atoms with Crippen molar-refractivity contribution < 1.29 is 9.84 Å². The first-order valence-electron chi connectivity index (χ1n) is 3.82. The van der Waals surface area contributed by atoms with Crippen LogP contribution in [0.5, 0.6) is 0 Å². The molecule has 0 bridgehead atoms. The van der Waals surface area contributed by atoms with E-state index in [-0.39, 0.29) is 6.61 Å². The minimum absolute atomic E-state index is 0.279. The lowest BCUT2D eigenvalue weighted by Crippen LogP contribution is -2.15. The number of hydrogen-bond acceptors (Lipinski definition) is 2. The Bertz CT molecular complexity index is 71.7. The molecule has 10 heavy (non-hydrogen) atoms. The second-order valence-corrected chi connectivity index (χ2v) is 2.97. The van der Waals surface area contributed by atoms with Gasteiger partial charge in [0, 0.05) is 20.3 Å². The van der Waals surface area contributed by atoms with Crippen LogP contribution in [0.2, 0.25) is 0 Å². The van der Waals surface area contributed by atoms with Crippen LogP contribution in [0.15, 0.2) is 0 Å². The van der Waals surface area contributed by atoms with E-state index in [0.29, 0.717) is 11.8 Å². The van der Waals surface area contributed by atoms with Crippen LogP contribution in [0.3, 0.4) is 0 Å². The minimum Gasteiger partial charge on any atom is -0.396 e. The third kappa shape index (κ3) is 3.85. The Balaban J connectivity index is 3.40. The van der Waals surface area contributed by atoms with Crippen molar-refractivity contribution in [1.82, 2.24) is 0 Å². The van der Waals surface area contributed by atoms with Crippen molar-refractivity contribution in [2.75, 3.05) is 20.3 Å². The zero-order valence-corrected chi connectivity index (χ0v) is 7.13. The summed E-state index contributed by atoms with van der Waals surface area (Å²) >= 11 is 0. The van der Waals surface area contributed by atoms with Crippen molar-refractivity contribution in [1.29, 1.82) is 0 Å². The highest BCUT2D eigenvalue weighted by Crippen LogP contribution is 2.13. The summed E-state index contributed by atoms with van der Waals surface area (Å²) in [6.45, 7) is 5.28. The molecule has 1 atom stereocenters. The summed E-state index contributed by atoms with van der Waals surface area (Å²) in [6, 6.07) is 0. The smallest absolute Gasteiger partial charge is 0.0465 e. The quantitative estimate of drug-likeness (QED) is 0.633. The Morgan fingerprint density at radius 1 is 1.40 bits per heavy atom. The standard InChI is InChI=1S/C8H18O2/c1-7(2)8(6-9)4-5-10-3/h7-9H,4-6H2,1-3H3. The Kier molecular flexibility index (Phi) is 5.64. The Morgan fingerprint density at radius 2 is 2.00 bits per heavy atom. The van der Waals surface area contributed by atoms with Crippen LogP contribution < -0.4 is 0 Å². The average molecular weight is 146 g/mol. The third-order valence-electron chi connectivity index (χ3n) is 1.87. The molecule has 0 radical (unpaired) electrons. The fraction of sp³-hybridized carbons (Fsp3) is 1.00. The number of methoxy groups -OCH3 is 1. The van der Waals surface area contributed by atoms with Gasteiger partial charge in [-0.3, -0.25) is 0 Å². The van der Waals surface area contributed by atoms with E-state index in [1.54, 1.807) is 7.11 Å². The highest BCUT2D eigenvalue weighted by molar-refractivity contribution is 4.60. The van der Waals surface area contributed by atoms with Crippen LogP contribution in [0.25, 0.3) is 0 Å². The zero-order chi connectivity index (χ0) is 7.98. The van der Waals surface area contributed by atoms with Crippen molar-refractivity contribution in [3.8, 4) is 0 Å². The summed E-state index contributed by atoms with van der Waals surface area (Å²) in [6.07, 6.45) is 0.963. The number of aliphatic hydroxyl groups is 1. The molecule has 0 spiro atoms. The highest BCUT2D eigenvalue weighted by atomic mass is 16.5. The number of hydrogen-bond donors (Lipinski definition) is 1. The van der Waals surface area contributed by atoms with Crippen molar-refractivity contribution >= 4 is 0 Å². The molecule has 2 nitrogen and oxygen atoms in total. The van der Waals surface area contributed by atoms with E-state index in [1.807, 2.05) is 0 Å². The van der Waals surface area contributed by atoms with Gasteiger partial charge in [0.05, 0.1) is 0 Å². The molecule has 0 fully saturated rings. The van der Waals surface area contributed by atoms with Gasteiger partial charge in [0.1, 0.15) is 0 Å². The summed E-state index contributed by atoms with van der Waals surface area (Å²) in [7, 11) is 1.69. The van der Waals surface area contributed by atoms with E-state index in [2.05, 4.69) is 13.8 Å². The van der Waals surface area contributed by atoms with Gasteiger partial charge in [-0.25, -0.2) is 0 Å². The molecule has 0 aromatic carbocycles. The fourth-order valence-corrected chi connectivity index (χ4v) is 0.905. The fourth-order valence-electron chi connectivity index (χ4n) is 0.905. The predicted octanol–water partition coefficient (Wildman–Crippen LogP) is 1.29. The molecular formula is C8H18O2. The van der Waals surface area contributed by atoms with E-state index in [4.69, 9.17) is 9.84 Å².